The molecule has 2 unspecified atom stereocenters. The maximum atomic E-state index is 13.6. The normalized spacial score (nSPS) is 25.3. The van der Waals surface area contributed by atoms with Crippen LogP contribution in [-0.4, -0.2) is 30.1 Å². The van der Waals surface area contributed by atoms with E-state index in [9.17, 15) is 4.39 Å². The van der Waals surface area contributed by atoms with Crippen LogP contribution in [0.3, 0.4) is 0 Å². The van der Waals surface area contributed by atoms with Crippen LogP contribution in [0.2, 0.25) is 0 Å². The van der Waals surface area contributed by atoms with Gasteiger partial charge in [0.2, 0.25) is 0 Å². The minimum absolute atomic E-state index is 0.0847. The van der Waals surface area contributed by atoms with E-state index in [1.54, 1.807) is 12.1 Å². The van der Waals surface area contributed by atoms with Crippen molar-refractivity contribution < 1.29 is 4.39 Å². The van der Waals surface area contributed by atoms with Crippen molar-refractivity contribution in [2.45, 2.75) is 45.3 Å². The Morgan fingerprint density at radius 2 is 2.17 bits per heavy atom. The first-order valence-corrected chi connectivity index (χ1v) is 6.91. The molecule has 1 aromatic carbocycles. The summed E-state index contributed by atoms with van der Waals surface area (Å²) in [5.41, 5.74) is 0.811. The molecule has 0 aromatic heterocycles. The molecule has 0 spiro atoms. The number of likely N-dealkylation sites (tertiary alicyclic amines) is 1. The fraction of sp³-hybridized carbons (Fsp3) is 0.600. The molecule has 1 saturated heterocycles. The van der Waals surface area contributed by atoms with E-state index < -0.39 is 0 Å². The van der Waals surface area contributed by atoms with Crippen LogP contribution >= 0.6 is 0 Å². The zero-order chi connectivity index (χ0) is 13.0. The molecule has 0 saturated carbocycles. The fourth-order valence-electron chi connectivity index (χ4n) is 2.78. The van der Waals surface area contributed by atoms with Gasteiger partial charge in [0, 0.05) is 30.7 Å². The molecular formula is C15H23FN2. The van der Waals surface area contributed by atoms with Crippen LogP contribution in [0.4, 0.5) is 4.39 Å². The molecule has 1 aliphatic heterocycles. The van der Waals surface area contributed by atoms with E-state index in [-0.39, 0.29) is 5.82 Å². The van der Waals surface area contributed by atoms with Crippen molar-refractivity contribution in [1.82, 2.24) is 10.2 Å². The van der Waals surface area contributed by atoms with Crippen molar-refractivity contribution in [3.63, 3.8) is 0 Å². The minimum Gasteiger partial charge on any atom is -0.314 e. The van der Waals surface area contributed by atoms with Crippen molar-refractivity contribution in [1.29, 1.82) is 0 Å². The van der Waals surface area contributed by atoms with E-state index in [0.29, 0.717) is 12.1 Å². The van der Waals surface area contributed by atoms with E-state index in [1.807, 2.05) is 12.1 Å². The standard InChI is InChI=1S/C15H23FN2/c1-3-17-14-8-9-18(12(2)10-14)11-13-6-4-5-7-15(13)16/h4-7,12,14,17H,3,8-11H2,1-2H3. The molecule has 1 aliphatic rings. The number of rotatable bonds is 4. The Kier molecular flexibility index (Phi) is 4.72. The fourth-order valence-corrected chi connectivity index (χ4v) is 2.78. The van der Waals surface area contributed by atoms with Crippen LogP contribution in [-0.2, 0) is 6.54 Å². The molecule has 0 amide bonds. The summed E-state index contributed by atoms with van der Waals surface area (Å²) >= 11 is 0. The average Bonchev–Trinajstić information content (AvgIpc) is 2.35. The number of hydrogen-bond donors (Lipinski definition) is 1. The second kappa shape index (κ2) is 6.30. The van der Waals surface area contributed by atoms with Gasteiger partial charge < -0.3 is 5.32 Å². The SMILES string of the molecule is CCNC1CCN(Cc2ccccc2F)C(C)C1. The van der Waals surface area contributed by atoms with Gasteiger partial charge in [0.1, 0.15) is 5.82 Å². The molecule has 18 heavy (non-hydrogen) atoms. The van der Waals surface area contributed by atoms with Gasteiger partial charge in [-0.15, -0.1) is 0 Å². The summed E-state index contributed by atoms with van der Waals surface area (Å²) in [5, 5.41) is 3.51. The molecule has 1 heterocycles. The number of hydrogen-bond acceptors (Lipinski definition) is 2. The Labute approximate surface area is 109 Å². The highest BCUT2D eigenvalue weighted by atomic mass is 19.1. The number of nitrogens with zero attached hydrogens (tertiary/aromatic N) is 1. The van der Waals surface area contributed by atoms with Gasteiger partial charge in [-0.05, 0) is 32.4 Å². The Balaban J connectivity index is 1.93. The lowest BCUT2D eigenvalue weighted by molar-refractivity contribution is 0.128. The second-order valence-electron chi connectivity index (χ2n) is 5.19. The maximum absolute atomic E-state index is 13.6. The molecule has 1 N–H and O–H groups in total. The van der Waals surface area contributed by atoms with Gasteiger partial charge in [-0.3, -0.25) is 4.90 Å². The van der Waals surface area contributed by atoms with Crippen molar-refractivity contribution in [2.24, 2.45) is 0 Å². The van der Waals surface area contributed by atoms with E-state index in [4.69, 9.17) is 0 Å². The molecule has 3 heteroatoms. The second-order valence-corrected chi connectivity index (χ2v) is 5.19. The number of halogens is 1. The van der Waals surface area contributed by atoms with E-state index in [1.165, 1.54) is 0 Å². The zero-order valence-corrected chi connectivity index (χ0v) is 11.3. The largest absolute Gasteiger partial charge is 0.314 e. The van der Waals surface area contributed by atoms with Gasteiger partial charge >= 0.3 is 0 Å². The molecule has 2 rings (SSSR count). The van der Waals surface area contributed by atoms with Crippen LogP contribution in [0.5, 0.6) is 0 Å². The van der Waals surface area contributed by atoms with Crippen molar-refractivity contribution in [3.05, 3.63) is 35.6 Å². The van der Waals surface area contributed by atoms with Crippen molar-refractivity contribution in [2.75, 3.05) is 13.1 Å². The molecule has 1 fully saturated rings. The summed E-state index contributed by atoms with van der Waals surface area (Å²) in [5.74, 6) is -0.0847. The van der Waals surface area contributed by atoms with Crippen LogP contribution in [0, 0.1) is 5.82 Å². The molecule has 2 atom stereocenters. The summed E-state index contributed by atoms with van der Waals surface area (Å²) < 4.78 is 13.6. The lowest BCUT2D eigenvalue weighted by Crippen LogP contribution is -2.47. The van der Waals surface area contributed by atoms with Crippen molar-refractivity contribution >= 4 is 0 Å². The van der Waals surface area contributed by atoms with Gasteiger partial charge in [-0.1, -0.05) is 25.1 Å². The highest BCUT2D eigenvalue weighted by Gasteiger charge is 2.25. The van der Waals surface area contributed by atoms with E-state index in [2.05, 4.69) is 24.1 Å². The van der Waals surface area contributed by atoms with E-state index in [0.717, 1.165) is 38.0 Å². The third-order valence-electron chi connectivity index (χ3n) is 3.84. The van der Waals surface area contributed by atoms with Gasteiger partial charge in [-0.2, -0.15) is 0 Å². The molecule has 0 aliphatic carbocycles. The molecule has 2 nitrogen and oxygen atoms in total. The zero-order valence-electron chi connectivity index (χ0n) is 11.3. The molecule has 0 radical (unpaired) electrons. The van der Waals surface area contributed by atoms with Gasteiger partial charge in [0.15, 0.2) is 0 Å². The maximum Gasteiger partial charge on any atom is 0.127 e. The Hall–Kier alpha value is -0.930. The lowest BCUT2D eigenvalue weighted by atomic mass is 9.97. The summed E-state index contributed by atoms with van der Waals surface area (Å²) in [6.45, 7) is 7.20. The van der Waals surface area contributed by atoms with Gasteiger partial charge in [0.05, 0.1) is 0 Å². The number of nitrogens with one attached hydrogen (secondary N) is 1. The lowest BCUT2D eigenvalue weighted by Gasteiger charge is -2.38. The van der Waals surface area contributed by atoms with Crippen LogP contribution in [0.1, 0.15) is 32.3 Å². The minimum atomic E-state index is -0.0847. The summed E-state index contributed by atoms with van der Waals surface area (Å²) in [7, 11) is 0. The monoisotopic (exact) mass is 250 g/mol. The van der Waals surface area contributed by atoms with Gasteiger partial charge in [0.25, 0.3) is 0 Å². The van der Waals surface area contributed by atoms with Crippen LogP contribution < -0.4 is 5.32 Å². The summed E-state index contributed by atoms with van der Waals surface area (Å²) in [6.07, 6.45) is 2.31. The van der Waals surface area contributed by atoms with Crippen LogP contribution in [0.15, 0.2) is 24.3 Å². The van der Waals surface area contributed by atoms with E-state index >= 15 is 0 Å². The third-order valence-corrected chi connectivity index (χ3v) is 3.84. The number of piperidine rings is 1. The van der Waals surface area contributed by atoms with Crippen LogP contribution in [0.25, 0.3) is 0 Å². The third kappa shape index (κ3) is 3.30. The molecular weight excluding hydrogens is 227 g/mol. The smallest absolute Gasteiger partial charge is 0.127 e. The molecule has 1 aromatic rings. The predicted molar refractivity (Wildman–Crippen MR) is 73.0 cm³/mol. The molecule has 100 valence electrons. The first-order chi connectivity index (χ1) is 8.70. The summed E-state index contributed by atoms with van der Waals surface area (Å²) in [4.78, 5) is 2.38. The number of benzene rings is 1. The highest BCUT2D eigenvalue weighted by molar-refractivity contribution is 5.17. The quantitative estimate of drug-likeness (QED) is 0.884. The Bertz CT molecular complexity index is 381. The summed E-state index contributed by atoms with van der Waals surface area (Å²) in [6, 6.07) is 8.24. The van der Waals surface area contributed by atoms with Gasteiger partial charge in [-0.25, -0.2) is 4.39 Å². The topological polar surface area (TPSA) is 15.3 Å². The first kappa shape index (κ1) is 13.5. The average molecular weight is 250 g/mol. The van der Waals surface area contributed by atoms with Crippen molar-refractivity contribution in [3.8, 4) is 0 Å². The molecule has 0 bridgehead atoms. The first-order valence-electron chi connectivity index (χ1n) is 6.91. The highest BCUT2D eigenvalue weighted by Crippen LogP contribution is 2.20. The Morgan fingerprint density at radius 1 is 1.39 bits per heavy atom. The predicted octanol–water partition coefficient (Wildman–Crippen LogP) is 2.79. The Morgan fingerprint density at radius 3 is 2.83 bits per heavy atom.